The van der Waals surface area contributed by atoms with Crippen LogP contribution >= 0.6 is 23.4 Å². The number of nitrogens with two attached hydrogens (primary N) is 1. The summed E-state index contributed by atoms with van der Waals surface area (Å²) in [5, 5.41) is 3.36. The minimum absolute atomic E-state index is 0.160. The maximum atomic E-state index is 12.0. The number of benzene rings is 1. The summed E-state index contributed by atoms with van der Waals surface area (Å²) in [6, 6.07) is 4.96. The van der Waals surface area contributed by atoms with Crippen molar-refractivity contribution in [3.63, 3.8) is 0 Å². The summed E-state index contributed by atoms with van der Waals surface area (Å²) in [7, 11) is 0. The van der Waals surface area contributed by atoms with Crippen LogP contribution in [-0.4, -0.2) is 16.1 Å². The van der Waals surface area contributed by atoms with E-state index in [1.54, 1.807) is 31.4 Å². The van der Waals surface area contributed by atoms with Crippen LogP contribution in [0.15, 0.2) is 34.1 Å². The summed E-state index contributed by atoms with van der Waals surface area (Å²) in [6.45, 7) is 3.60. The van der Waals surface area contributed by atoms with Crippen LogP contribution in [0, 0.1) is 6.92 Å². The predicted molar refractivity (Wildman–Crippen MR) is 81.1 cm³/mol. The monoisotopic (exact) mass is 311 g/mol. The van der Waals surface area contributed by atoms with Gasteiger partial charge in [-0.2, -0.15) is 0 Å². The Hall–Kier alpha value is -1.66. The fourth-order valence-electron chi connectivity index (χ4n) is 1.46. The maximum Gasteiger partial charge on any atom is 0.256 e. The molecule has 0 saturated heterocycles. The number of hydrogen-bond donors (Lipinski definition) is 2. The lowest BCUT2D eigenvalue weighted by Crippen LogP contribution is -2.22. The zero-order valence-electron chi connectivity index (χ0n) is 11.0. The number of aryl methyl sites for hydroxylation is 1. The largest absolute Gasteiger partial charge is 0.440 e. The molecule has 0 fully saturated rings. The number of carbonyl (C=O) groups is 1. The van der Waals surface area contributed by atoms with E-state index >= 15 is 0 Å². The van der Waals surface area contributed by atoms with E-state index in [-0.39, 0.29) is 11.2 Å². The first kappa shape index (κ1) is 14.7. The second-order valence-corrected chi connectivity index (χ2v) is 5.94. The van der Waals surface area contributed by atoms with Crippen LogP contribution in [0.25, 0.3) is 0 Å². The van der Waals surface area contributed by atoms with Gasteiger partial charge in [-0.25, -0.2) is 4.98 Å². The third-order valence-electron chi connectivity index (χ3n) is 2.51. The molecule has 1 atom stereocenters. The zero-order chi connectivity index (χ0) is 14.7. The van der Waals surface area contributed by atoms with Gasteiger partial charge in [0.1, 0.15) is 6.26 Å². The highest BCUT2D eigenvalue weighted by molar-refractivity contribution is 8.00. The topological polar surface area (TPSA) is 81.2 Å². The molecule has 0 aliphatic carbocycles. The van der Waals surface area contributed by atoms with Crippen molar-refractivity contribution in [2.24, 2.45) is 0 Å². The molecule has 20 heavy (non-hydrogen) atoms. The summed E-state index contributed by atoms with van der Waals surface area (Å²) in [4.78, 5) is 16.2. The van der Waals surface area contributed by atoms with Gasteiger partial charge in [0.15, 0.2) is 0 Å². The Morgan fingerprint density at radius 2 is 2.30 bits per heavy atom. The molecule has 0 bridgehead atoms. The predicted octanol–water partition coefficient (Wildman–Crippen LogP) is 3.34. The van der Waals surface area contributed by atoms with Crippen LogP contribution in [0.1, 0.15) is 12.6 Å². The van der Waals surface area contributed by atoms with Crippen LogP contribution in [0.2, 0.25) is 5.02 Å². The minimum atomic E-state index is -0.343. The van der Waals surface area contributed by atoms with Gasteiger partial charge in [-0.15, -0.1) is 0 Å². The molecule has 106 valence electrons. The number of nitrogen functional groups attached to an aromatic ring is 1. The third kappa shape index (κ3) is 3.68. The van der Waals surface area contributed by atoms with Crippen LogP contribution in [-0.2, 0) is 4.79 Å². The molecule has 0 radical (unpaired) electrons. The Bertz CT molecular complexity index is 630. The molecule has 0 aliphatic heterocycles. The Kier molecular flexibility index (Phi) is 4.57. The highest BCUT2D eigenvalue weighted by Gasteiger charge is 2.17. The van der Waals surface area contributed by atoms with Gasteiger partial charge in [0.05, 0.1) is 21.7 Å². The van der Waals surface area contributed by atoms with Gasteiger partial charge in [0, 0.05) is 5.69 Å². The number of carbonyl (C=O) groups excluding carboxylic acids is 1. The van der Waals surface area contributed by atoms with Gasteiger partial charge in [0.25, 0.3) is 5.22 Å². The maximum absolute atomic E-state index is 12.0. The SMILES string of the molecule is Cc1coc(SC(C)C(=O)Nc2ccc(Cl)c(N)c2)n1. The highest BCUT2D eigenvalue weighted by atomic mass is 35.5. The first-order valence-corrected chi connectivity index (χ1v) is 7.16. The average Bonchev–Trinajstić information content (AvgIpc) is 2.79. The summed E-state index contributed by atoms with van der Waals surface area (Å²) >= 11 is 7.08. The van der Waals surface area contributed by atoms with Gasteiger partial charge in [-0.3, -0.25) is 4.79 Å². The van der Waals surface area contributed by atoms with E-state index in [1.807, 2.05) is 6.92 Å². The minimum Gasteiger partial charge on any atom is -0.440 e. The molecule has 0 aliphatic rings. The summed E-state index contributed by atoms with van der Waals surface area (Å²) < 4.78 is 5.20. The fraction of sp³-hybridized carbons (Fsp3) is 0.231. The number of thioether (sulfide) groups is 1. The van der Waals surface area contributed by atoms with Crippen molar-refractivity contribution in [3.05, 3.63) is 35.2 Å². The Morgan fingerprint density at radius 1 is 1.55 bits per heavy atom. The zero-order valence-corrected chi connectivity index (χ0v) is 12.6. The number of nitrogens with one attached hydrogen (secondary N) is 1. The molecule has 1 unspecified atom stereocenters. The molecule has 0 spiro atoms. The standard InChI is InChI=1S/C13H14ClN3O2S/c1-7-6-19-13(16-7)20-8(2)12(18)17-9-3-4-10(14)11(15)5-9/h3-6,8H,15H2,1-2H3,(H,17,18). The Morgan fingerprint density at radius 3 is 2.90 bits per heavy atom. The molecule has 1 aromatic heterocycles. The number of hydrogen-bond acceptors (Lipinski definition) is 5. The first-order chi connectivity index (χ1) is 9.45. The highest BCUT2D eigenvalue weighted by Crippen LogP contribution is 2.25. The summed E-state index contributed by atoms with van der Waals surface area (Å²) in [5.41, 5.74) is 7.50. The number of oxazole rings is 1. The van der Waals surface area contributed by atoms with E-state index < -0.39 is 0 Å². The molecule has 0 saturated carbocycles. The molecular formula is C13H14ClN3O2S. The van der Waals surface area contributed by atoms with Crippen molar-refractivity contribution >= 4 is 40.6 Å². The van der Waals surface area contributed by atoms with E-state index in [4.69, 9.17) is 21.8 Å². The number of halogens is 1. The lowest BCUT2D eigenvalue weighted by molar-refractivity contribution is -0.115. The number of amides is 1. The van der Waals surface area contributed by atoms with E-state index in [9.17, 15) is 4.79 Å². The van der Waals surface area contributed by atoms with Crippen molar-refractivity contribution in [1.82, 2.24) is 4.98 Å². The van der Waals surface area contributed by atoms with Gasteiger partial charge >= 0.3 is 0 Å². The van der Waals surface area contributed by atoms with Crippen LogP contribution in [0.5, 0.6) is 0 Å². The number of anilines is 2. The van der Waals surface area contributed by atoms with Crippen LogP contribution in [0.4, 0.5) is 11.4 Å². The van der Waals surface area contributed by atoms with Gasteiger partial charge in [-0.1, -0.05) is 23.4 Å². The molecule has 2 rings (SSSR count). The van der Waals surface area contributed by atoms with Gasteiger partial charge in [-0.05, 0) is 32.0 Å². The van der Waals surface area contributed by atoms with Gasteiger partial charge in [0.2, 0.25) is 5.91 Å². The number of rotatable bonds is 4. The Balaban J connectivity index is 1.98. The quantitative estimate of drug-likeness (QED) is 0.668. The van der Waals surface area contributed by atoms with Crippen LogP contribution < -0.4 is 11.1 Å². The smallest absolute Gasteiger partial charge is 0.256 e. The normalized spacial score (nSPS) is 12.2. The summed E-state index contributed by atoms with van der Waals surface area (Å²) in [6.07, 6.45) is 1.55. The van der Waals surface area contributed by atoms with Crippen molar-refractivity contribution in [2.45, 2.75) is 24.3 Å². The molecule has 1 heterocycles. The lowest BCUT2D eigenvalue weighted by Gasteiger charge is -2.10. The van der Waals surface area contributed by atoms with Crippen molar-refractivity contribution in [1.29, 1.82) is 0 Å². The molecular weight excluding hydrogens is 298 g/mol. The molecule has 5 nitrogen and oxygen atoms in total. The third-order valence-corrected chi connectivity index (χ3v) is 3.81. The molecule has 1 amide bonds. The second kappa shape index (κ2) is 6.19. The molecule has 2 aromatic rings. The lowest BCUT2D eigenvalue weighted by atomic mass is 10.2. The van der Waals surface area contributed by atoms with E-state index in [0.29, 0.717) is 21.6 Å². The van der Waals surface area contributed by atoms with Gasteiger partial charge < -0.3 is 15.5 Å². The van der Waals surface area contributed by atoms with E-state index in [2.05, 4.69) is 10.3 Å². The number of nitrogens with zero attached hydrogens (tertiary/aromatic N) is 1. The van der Waals surface area contributed by atoms with E-state index in [0.717, 1.165) is 5.69 Å². The first-order valence-electron chi connectivity index (χ1n) is 5.90. The van der Waals surface area contributed by atoms with Crippen LogP contribution in [0.3, 0.4) is 0 Å². The van der Waals surface area contributed by atoms with Crippen molar-refractivity contribution < 1.29 is 9.21 Å². The summed E-state index contributed by atoms with van der Waals surface area (Å²) in [5.74, 6) is -0.160. The van der Waals surface area contributed by atoms with Crippen molar-refractivity contribution in [3.8, 4) is 0 Å². The fourth-order valence-corrected chi connectivity index (χ4v) is 2.34. The average molecular weight is 312 g/mol. The second-order valence-electron chi connectivity index (χ2n) is 4.24. The van der Waals surface area contributed by atoms with E-state index in [1.165, 1.54) is 11.8 Å². The Labute approximate surface area is 125 Å². The number of aromatic nitrogens is 1. The molecule has 3 N–H and O–H groups in total. The molecule has 1 aromatic carbocycles. The molecule has 7 heteroatoms. The van der Waals surface area contributed by atoms with Crippen molar-refractivity contribution in [2.75, 3.05) is 11.1 Å².